The first-order valence-electron chi connectivity index (χ1n) is 19.4. The molecular weight excluding hydrogens is 580 g/mol. The van der Waals surface area contributed by atoms with Crippen molar-refractivity contribution in [2.45, 2.75) is 180 Å². The van der Waals surface area contributed by atoms with E-state index in [-0.39, 0.29) is 18.0 Å². The van der Waals surface area contributed by atoms with E-state index in [1.54, 1.807) is 25.9 Å². The van der Waals surface area contributed by atoms with Crippen molar-refractivity contribution >= 4 is 17.5 Å². The van der Waals surface area contributed by atoms with Crippen LogP contribution < -0.4 is 5.73 Å². The number of likely N-dealkylation sites (N-methyl/N-ethyl adjacent to an activating group) is 1. The van der Waals surface area contributed by atoms with Gasteiger partial charge in [0.05, 0.1) is 0 Å². The number of unbranched alkanes of at least 4 members (excludes halogenated alkanes) is 16. The van der Waals surface area contributed by atoms with Crippen molar-refractivity contribution in [2.24, 2.45) is 11.7 Å². The zero-order chi connectivity index (χ0) is 35.0. The van der Waals surface area contributed by atoms with Gasteiger partial charge in [-0.1, -0.05) is 134 Å². The van der Waals surface area contributed by atoms with Gasteiger partial charge in [0.25, 0.3) is 0 Å². The van der Waals surface area contributed by atoms with Gasteiger partial charge in [-0.3, -0.25) is 19.3 Å². The van der Waals surface area contributed by atoms with E-state index in [4.69, 9.17) is 5.73 Å². The van der Waals surface area contributed by atoms with Crippen LogP contribution in [0.3, 0.4) is 0 Å². The van der Waals surface area contributed by atoms with Gasteiger partial charge < -0.3 is 5.73 Å². The van der Waals surface area contributed by atoms with Gasteiger partial charge in [-0.05, 0) is 91.1 Å². The van der Waals surface area contributed by atoms with E-state index in [1.165, 1.54) is 51.4 Å². The fraction of sp³-hybridized carbons (Fsp3) is 0.738. The number of hydrogen-bond acceptors (Lipinski definition) is 4. The van der Waals surface area contributed by atoms with Crippen LogP contribution in [0.1, 0.15) is 175 Å². The topological polar surface area (TPSA) is 80.5 Å². The second-order valence-electron chi connectivity index (χ2n) is 13.6. The van der Waals surface area contributed by atoms with Crippen LogP contribution in [0, 0.1) is 5.92 Å². The second kappa shape index (κ2) is 31.0. The third kappa shape index (κ3) is 21.3. The summed E-state index contributed by atoms with van der Waals surface area (Å²) in [4.78, 5) is 41.2. The van der Waals surface area contributed by atoms with Crippen molar-refractivity contribution in [3.63, 3.8) is 0 Å². The van der Waals surface area contributed by atoms with Crippen LogP contribution in [0.2, 0.25) is 0 Å². The molecule has 0 aliphatic heterocycles. The molecule has 1 amide bonds. The summed E-state index contributed by atoms with van der Waals surface area (Å²) in [5.41, 5.74) is 4.30. The van der Waals surface area contributed by atoms with Gasteiger partial charge in [0.2, 0.25) is 5.91 Å². The number of allylic oxidation sites excluding steroid dienone is 8. The predicted molar refractivity (Wildman–Crippen MR) is 204 cm³/mol. The number of nitrogens with zero attached hydrogens (tertiary/aromatic N) is 1. The minimum Gasteiger partial charge on any atom is -0.368 e. The Balaban J connectivity index is 4.37. The molecule has 0 saturated carbocycles. The van der Waals surface area contributed by atoms with E-state index >= 15 is 0 Å². The Bertz CT molecular complexity index is 917. The molecule has 0 aromatic rings. The summed E-state index contributed by atoms with van der Waals surface area (Å²) < 4.78 is 0. The fourth-order valence-electron chi connectivity index (χ4n) is 6.30. The molecular formula is C42H74N2O3. The summed E-state index contributed by atoms with van der Waals surface area (Å²) >= 11 is 0. The number of amides is 1. The molecule has 0 rings (SSSR count). The number of Topliss-reactive ketones (excluding diaryl/α,β-unsaturated/α-hetero) is 2. The highest BCUT2D eigenvalue weighted by molar-refractivity contribution is 6.13. The Hall–Kier alpha value is -2.27. The molecule has 5 nitrogen and oxygen atoms in total. The van der Waals surface area contributed by atoms with Crippen molar-refractivity contribution in [2.75, 3.05) is 14.1 Å². The summed E-state index contributed by atoms with van der Waals surface area (Å²) in [6, 6.07) is 0. The van der Waals surface area contributed by atoms with Crippen LogP contribution in [0.5, 0.6) is 0 Å². The van der Waals surface area contributed by atoms with E-state index in [0.29, 0.717) is 12.8 Å². The molecule has 0 bridgehead atoms. The molecule has 0 aromatic heterocycles. The van der Waals surface area contributed by atoms with Crippen LogP contribution in [0.25, 0.3) is 0 Å². The first-order chi connectivity index (χ1) is 22.8. The van der Waals surface area contributed by atoms with Crippen molar-refractivity contribution in [1.82, 2.24) is 4.90 Å². The van der Waals surface area contributed by atoms with Crippen molar-refractivity contribution < 1.29 is 14.4 Å². The summed E-state index contributed by atoms with van der Waals surface area (Å²) in [7, 11) is 3.39. The van der Waals surface area contributed by atoms with Crippen LogP contribution in [0.4, 0.5) is 0 Å². The highest BCUT2D eigenvalue weighted by atomic mass is 16.2. The lowest BCUT2D eigenvalue weighted by molar-refractivity contribution is -0.150. The minimum atomic E-state index is -1.58. The molecule has 0 radical (unpaired) electrons. The van der Waals surface area contributed by atoms with Crippen molar-refractivity contribution in [3.8, 4) is 0 Å². The fourth-order valence-corrected chi connectivity index (χ4v) is 6.30. The molecule has 0 aliphatic carbocycles. The zero-order valence-electron chi connectivity index (χ0n) is 31.4. The zero-order valence-corrected chi connectivity index (χ0v) is 31.4. The molecule has 2 atom stereocenters. The Morgan fingerprint density at radius 2 is 0.915 bits per heavy atom. The Kier molecular flexibility index (Phi) is 29.5. The van der Waals surface area contributed by atoms with Crippen LogP contribution in [0.15, 0.2) is 48.6 Å². The highest BCUT2D eigenvalue weighted by Gasteiger charge is 2.52. The van der Waals surface area contributed by atoms with Gasteiger partial charge in [0.1, 0.15) is 5.78 Å². The lowest BCUT2D eigenvalue weighted by Gasteiger charge is -2.39. The monoisotopic (exact) mass is 655 g/mol. The molecule has 270 valence electrons. The maximum absolute atomic E-state index is 13.5. The number of nitrogens with two attached hydrogens (primary N) is 1. The third-order valence-electron chi connectivity index (χ3n) is 9.34. The van der Waals surface area contributed by atoms with Gasteiger partial charge in [0.15, 0.2) is 11.3 Å². The normalized spacial score (nSPS) is 14.3. The van der Waals surface area contributed by atoms with Gasteiger partial charge in [-0.15, -0.1) is 0 Å². The van der Waals surface area contributed by atoms with E-state index < -0.39 is 17.4 Å². The van der Waals surface area contributed by atoms with E-state index in [0.717, 1.165) is 83.5 Å². The number of ketones is 2. The maximum atomic E-state index is 13.5. The van der Waals surface area contributed by atoms with Gasteiger partial charge >= 0.3 is 0 Å². The predicted octanol–water partition coefficient (Wildman–Crippen LogP) is 11.2. The third-order valence-corrected chi connectivity index (χ3v) is 9.34. The Morgan fingerprint density at radius 3 is 1.30 bits per heavy atom. The van der Waals surface area contributed by atoms with Crippen molar-refractivity contribution in [3.05, 3.63) is 48.6 Å². The molecule has 0 aliphatic rings. The molecule has 2 unspecified atom stereocenters. The first kappa shape index (κ1) is 44.7. The minimum absolute atomic E-state index is 0.0448. The molecule has 5 heteroatoms. The molecule has 0 spiro atoms. The van der Waals surface area contributed by atoms with E-state index in [2.05, 4.69) is 62.5 Å². The highest BCUT2D eigenvalue weighted by Crippen LogP contribution is 2.29. The summed E-state index contributed by atoms with van der Waals surface area (Å²) in [6.07, 6.45) is 43.3. The van der Waals surface area contributed by atoms with Crippen LogP contribution >= 0.6 is 0 Å². The quantitative estimate of drug-likeness (QED) is 0.0434. The molecule has 0 saturated heterocycles. The molecule has 0 fully saturated rings. The Morgan fingerprint density at radius 1 is 0.553 bits per heavy atom. The lowest BCUT2D eigenvalue weighted by atomic mass is 9.74. The summed E-state index contributed by atoms with van der Waals surface area (Å²) in [6.45, 7) is 6.18. The molecule has 2 N–H and O–H groups in total. The number of carbonyl (C=O) groups is 3. The van der Waals surface area contributed by atoms with Crippen molar-refractivity contribution in [1.29, 1.82) is 0 Å². The first-order valence-corrected chi connectivity index (χ1v) is 19.4. The largest absolute Gasteiger partial charge is 0.368 e. The number of hydrogen-bond donors (Lipinski definition) is 1. The number of primary amides is 1. The van der Waals surface area contributed by atoms with E-state index in [1.807, 2.05) is 0 Å². The number of rotatable bonds is 33. The SMILES string of the molecule is CCCCC/C=C\C/C=C\CCCCCCCC(=O)C(C)C(C(N)=O)(C(=O)CCCCCCC/C=C\C/C=C\CCCCC)N(C)C. The molecule has 47 heavy (non-hydrogen) atoms. The molecule has 0 heterocycles. The number of carbonyl (C=O) groups excluding carboxylic acids is 3. The Labute approximate surface area is 291 Å². The molecule has 0 aromatic carbocycles. The standard InChI is InChI=1S/C42H74N2O3/c1-6-8-10-12-14-16-18-20-22-24-26-28-30-32-34-36-39(45)38(3)42(41(43)47,44(4)5)40(46)37-35-33-31-29-27-25-23-21-19-17-15-13-11-9-7-2/h14-17,20-23,38H,6-13,18-19,24-37H2,1-5H3,(H2,43,47)/b16-14-,17-15-,22-20-,23-21-. The van der Waals surface area contributed by atoms with Gasteiger partial charge in [0, 0.05) is 18.8 Å². The van der Waals surface area contributed by atoms with Gasteiger partial charge in [-0.25, -0.2) is 0 Å². The lowest BCUT2D eigenvalue weighted by Crippen LogP contribution is -2.65. The maximum Gasteiger partial charge on any atom is 0.246 e. The summed E-state index contributed by atoms with van der Waals surface area (Å²) in [5.74, 6) is -1.74. The van der Waals surface area contributed by atoms with Gasteiger partial charge in [-0.2, -0.15) is 0 Å². The van der Waals surface area contributed by atoms with E-state index in [9.17, 15) is 14.4 Å². The average molecular weight is 655 g/mol. The summed E-state index contributed by atoms with van der Waals surface area (Å²) in [5, 5.41) is 0. The van der Waals surface area contributed by atoms with Crippen LogP contribution in [-0.4, -0.2) is 42.0 Å². The second-order valence-corrected chi connectivity index (χ2v) is 13.6. The smallest absolute Gasteiger partial charge is 0.246 e. The average Bonchev–Trinajstić information content (AvgIpc) is 3.04. The van der Waals surface area contributed by atoms with Crippen LogP contribution in [-0.2, 0) is 14.4 Å².